The molecular weight excluding hydrogens is 344 g/mol. The number of aryl methyl sites for hydroxylation is 1. The smallest absolute Gasteiger partial charge is 0.282 e. The van der Waals surface area contributed by atoms with Crippen molar-refractivity contribution in [1.29, 1.82) is 5.26 Å². The van der Waals surface area contributed by atoms with Crippen molar-refractivity contribution in [3.8, 4) is 12.1 Å². The van der Waals surface area contributed by atoms with Crippen molar-refractivity contribution in [2.24, 2.45) is 7.05 Å². The highest BCUT2D eigenvalue weighted by Crippen LogP contribution is 2.45. The highest BCUT2D eigenvalue weighted by molar-refractivity contribution is 5.94. The number of nitrogens with one attached hydrogen (secondary N) is 1. The molecule has 5 rings (SSSR count). The molecule has 1 saturated heterocycles. The molecule has 2 aliphatic heterocycles. The van der Waals surface area contributed by atoms with E-state index in [0.29, 0.717) is 5.88 Å². The van der Waals surface area contributed by atoms with Crippen LogP contribution in [-0.2, 0) is 11.8 Å². The lowest BCUT2D eigenvalue weighted by Crippen LogP contribution is -2.55. The third-order valence-electron chi connectivity index (χ3n) is 5.36. The molecule has 2 aromatic heterocycles. The second kappa shape index (κ2) is 5.45. The zero-order valence-electron chi connectivity index (χ0n) is 14.6. The number of rotatable bonds is 1. The van der Waals surface area contributed by atoms with Crippen molar-refractivity contribution in [2.45, 2.75) is 11.5 Å². The van der Waals surface area contributed by atoms with Crippen LogP contribution in [0.2, 0.25) is 0 Å². The Morgan fingerprint density at radius 3 is 3.04 bits per heavy atom. The maximum Gasteiger partial charge on any atom is 0.282 e. The van der Waals surface area contributed by atoms with Gasteiger partial charge >= 0.3 is 0 Å². The van der Waals surface area contributed by atoms with E-state index in [4.69, 9.17) is 4.74 Å². The van der Waals surface area contributed by atoms with E-state index in [9.17, 15) is 10.1 Å². The van der Waals surface area contributed by atoms with Gasteiger partial charge < -0.3 is 10.1 Å². The van der Waals surface area contributed by atoms with Crippen LogP contribution in [0, 0.1) is 11.5 Å². The monoisotopic (exact) mass is 360 g/mol. The van der Waals surface area contributed by atoms with Crippen LogP contribution in [0.1, 0.15) is 11.6 Å². The Balaban J connectivity index is 1.69. The molecule has 8 nitrogen and oxygen atoms in total. The maximum absolute atomic E-state index is 13.1. The number of fused-ring (bicyclic) bond motifs is 2. The minimum Gasteiger partial charge on any atom is -0.457 e. The average molecular weight is 360 g/mol. The number of para-hydroxylation sites is 1. The van der Waals surface area contributed by atoms with Gasteiger partial charge in [-0.05, 0) is 18.2 Å². The van der Waals surface area contributed by atoms with Crippen LogP contribution in [0.25, 0.3) is 10.9 Å². The average Bonchev–Trinajstić information content (AvgIpc) is 3.17. The second-order valence-electron chi connectivity index (χ2n) is 6.80. The van der Waals surface area contributed by atoms with E-state index in [-0.39, 0.29) is 19.0 Å². The molecule has 1 fully saturated rings. The van der Waals surface area contributed by atoms with Crippen LogP contribution >= 0.6 is 0 Å². The maximum atomic E-state index is 13.1. The summed E-state index contributed by atoms with van der Waals surface area (Å²) >= 11 is 0. The van der Waals surface area contributed by atoms with Gasteiger partial charge in [0.05, 0.1) is 29.4 Å². The SMILES string of the molecule is Cn1nc(C2CN(C#N)C(=O)[C@@]23CNc2cccnc2O3)c2ccccc21. The number of nitrogens with zero attached hydrogens (tertiary/aromatic N) is 5. The number of ether oxygens (including phenoxy) is 1. The number of likely N-dealkylation sites (tertiary alicyclic amines) is 1. The van der Waals surface area contributed by atoms with Crippen LogP contribution in [0.3, 0.4) is 0 Å². The van der Waals surface area contributed by atoms with Crippen LogP contribution in [-0.4, -0.2) is 44.3 Å². The summed E-state index contributed by atoms with van der Waals surface area (Å²) in [6.45, 7) is 0.471. The normalized spacial score (nSPS) is 23.8. The summed E-state index contributed by atoms with van der Waals surface area (Å²) in [4.78, 5) is 18.5. The first-order chi connectivity index (χ1) is 13.1. The summed E-state index contributed by atoms with van der Waals surface area (Å²) in [5, 5.41) is 18.3. The molecule has 134 valence electrons. The largest absolute Gasteiger partial charge is 0.457 e. The van der Waals surface area contributed by atoms with Gasteiger partial charge in [0, 0.05) is 25.2 Å². The van der Waals surface area contributed by atoms with Gasteiger partial charge in [0.15, 0.2) is 6.19 Å². The molecular formula is C19H16N6O2. The Morgan fingerprint density at radius 2 is 2.19 bits per heavy atom. The number of aromatic nitrogens is 3. The highest BCUT2D eigenvalue weighted by atomic mass is 16.5. The Hall–Kier alpha value is -3.60. The summed E-state index contributed by atoms with van der Waals surface area (Å²) in [6.07, 6.45) is 3.60. The number of benzene rings is 1. The van der Waals surface area contributed by atoms with Crippen LogP contribution in [0.15, 0.2) is 42.6 Å². The first-order valence-electron chi connectivity index (χ1n) is 8.65. The fraction of sp³-hybridized carbons (Fsp3) is 0.263. The Morgan fingerprint density at radius 1 is 1.33 bits per heavy atom. The van der Waals surface area contributed by atoms with Gasteiger partial charge in [-0.15, -0.1) is 0 Å². The predicted molar refractivity (Wildman–Crippen MR) is 96.9 cm³/mol. The van der Waals surface area contributed by atoms with Gasteiger partial charge in [-0.25, -0.2) is 9.88 Å². The van der Waals surface area contributed by atoms with Gasteiger partial charge in [0.2, 0.25) is 11.5 Å². The summed E-state index contributed by atoms with van der Waals surface area (Å²) in [5.74, 6) is -0.408. The molecule has 8 heteroatoms. The summed E-state index contributed by atoms with van der Waals surface area (Å²) < 4.78 is 7.98. The Labute approximate surface area is 155 Å². The van der Waals surface area contributed by atoms with E-state index in [0.717, 1.165) is 27.2 Å². The lowest BCUT2D eigenvalue weighted by atomic mass is 9.85. The summed E-state index contributed by atoms with van der Waals surface area (Å²) in [6, 6.07) is 11.5. The highest BCUT2D eigenvalue weighted by Gasteiger charge is 2.60. The van der Waals surface area contributed by atoms with Crippen molar-refractivity contribution < 1.29 is 9.53 Å². The minimum atomic E-state index is -1.26. The Bertz CT molecular complexity index is 1120. The fourth-order valence-corrected chi connectivity index (χ4v) is 4.04. The number of hydrogen-bond donors (Lipinski definition) is 1. The van der Waals surface area contributed by atoms with Crippen molar-refractivity contribution >= 4 is 22.5 Å². The summed E-state index contributed by atoms with van der Waals surface area (Å²) in [7, 11) is 1.87. The molecule has 1 amide bonds. The van der Waals surface area contributed by atoms with E-state index >= 15 is 0 Å². The van der Waals surface area contributed by atoms with E-state index in [1.807, 2.05) is 43.6 Å². The zero-order chi connectivity index (χ0) is 18.6. The van der Waals surface area contributed by atoms with Crippen molar-refractivity contribution in [2.75, 3.05) is 18.4 Å². The van der Waals surface area contributed by atoms with E-state index in [1.54, 1.807) is 16.9 Å². The molecule has 3 aromatic rings. The van der Waals surface area contributed by atoms with Crippen molar-refractivity contribution in [3.63, 3.8) is 0 Å². The molecule has 0 aliphatic carbocycles. The minimum absolute atomic E-state index is 0.222. The van der Waals surface area contributed by atoms with Crippen LogP contribution in [0.5, 0.6) is 5.88 Å². The third kappa shape index (κ3) is 2.05. The standard InChI is InChI=1S/C19H16N6O2/c1-24-15-7-3-2-5-12(15)16(23-24)13-9-25(11-20)18(26)19(13)10-22-14-6-4-8-21-17(14)27-19/h2-8,13,22H,9-10H2,1H3/t13?,19-/m1/s1. The molecule has 1 unspecified atom stereocenters. The third-order valence-corrected chi connectivity index (χ3v) is 5.36. The molecule has 1 spiro atoms. The Kier molecular flexibility index (Phi) is 3.15. The van der Waals surface area contributed by atoms with E-state index in [2.05, 4.69) is 15.4 Å². The molecule has 1 aromatic carbocycles. The van der Waals surface area contributed by atoms with Gasteiger partial charge in [-0.1, -0.05) is 18.2 Å². The number of nitriles is 1. The molecule has 4 heterocycles. The topological polar surface area (TPSA) is 96.1 Å². The molecule has 0 saturated carbocycles. The quantitative estimate of drug-likeness (QED) is 0.663. The molecule has 1 N–H and O–H groups in total. The molecule has 27 heavy (non-hydrogen) atoms. The molecule has 2 atom stereocenters. The number of hydrogen-bond acceptors (Lipinski definition) is 6. The second-order valence-corrected chi connectivity index (χ2v) is 6.80. The van der Waals surface area contributed by atoms with Crippen molar-refractivity contribution in [1.82, 2.24) is 19.7 Å². The molecule has 2 aliphatic rings. The lowest BCUT2D eigenvalue weighted by Gasteiger charge is -2.36. The number of pyridine rings is 1. The fourth-order valence-electron chi connectivity index (χ4n) is 4.04. The molecule has 0 bridgehead atoms. The van der Waals surface area contributed by atoms with Gasteiger partial charge in [-0.2, -0.15) is 10.4 Å². The predicted octanol–water partition coefficient (Wildman–Crippen LogP) is 1.62. The van der Waals surface area contributed by atoms with E-state index < -0.39 is 11.5 Å². The number of amides is 1. The van der Waals surface area contributed by atoms with Gasteiger partial charge in [0.25, 0.3) is 5.91 Å². The first kappa shape index (κ1) is 15.6. The number of anilines is 1. The number of carbonyl (C=O) groups is 1. The first-order valence-corrected chi connectivity index (χ1v) is 8.65. The number of carbonyl (C=O) groups excluding carboxylic acids is 1. The molecule has 0 radical (unpaired) electrons. The van der Waals surface area contributed by atoms with Crippen molar-refractivity contribution in [3.05, 3.63) is 48.3 Å². The zero-order valence-corrected chi connectivity index (χ0v) is 14.6. The lowest BCUT2D eigenvalue weighted by molar-refractivity contribution is -0.138. The van der Waals surface area contributed by atoms with Crippen LogP contribution in [0.4, 0.5) is 5.69 Å². The van der Waals surface area contributed by atoms with Gasteiger partial charge in [-0.3, -0.25) is 9.48 Å². The van der Waals surface area contributed by atoms with E-state index in [1.165, 1.54) is 0 Å². The summed E-state index contributed by atoms with van der Waals surface area (Å²) in [5.41, 5.74) is 1.19. The van der Waals surface area contributed by atoms with Crippen LogP contribution < -0.4 is 10.1 Å². The van der Waals surface area contributed by atoms with Gasteiger partial charge in [0.1, 0.15) is 0 Å².